The zero-order valence-corrected chi connectivity index (χ0v) is 17.6. The van der Waals surface area contributed by atoms with Gasteiger partial charge in [-0.15, -0.1) is 0 Å². The van der Waals surface area contributed by atoms with Crippen LogP contribution in [0.2, 0.25) is 0 Å². The zero-order valence-electron chi connectivity index (χ0n) is 17.6. The van der Waals surface area contributed by atoms with Gasteiger partial charge in [-0.2, -0.15) is 4.98 Å². The van der Waals surface area contributed by atoms with E-state index in [1.54, 1.807) is 24.3 Å². The van der Waals surface area contributed by atoms with Crippen LogP contribution in [0.25, 0.3) is 22.4 Å². The monoisotopic (exact) mass is 444 g/mol. The molecule has 2 aliphatic rings. The lowest BCUT2D eigenvalue weighted by atomic mass is 10.1. The van der Waals surface area contributed by atoms with Crippen molar-refractivity contribution in [1.82, 2.24) is 14.7 Å². The van der Waals surface area contributed by atoms with Crippen molar-refractivity contribution >= 4 is 22.5 Å². The second-order valence-electron chi connectivity index (χ2n) is 8.14. The number of anilines is 1. The van der Waals surface area contributed by atoms with Gasteiger partial charge in [-0.05, 0) is 31.0 Å². The number of aromatic nitrogens is 3. The highest BCUT2D eigenvalue weighted by Crippen LogP contribution is 2.39. The SMILES string of the molecule is O=C(Cn1c(=O)cc(-c2nc(C3CC3)no2)c2ccccc21)Nc1ccc2c(c1)OCCO2. The molecule has 0 radical (unpaired) electrons. The summed E-state index contributed by atoms with van der Waals surface area (Å²) in [6.45, 7) is 0.807. The first-order valence-electron chi connectivity index (χ1n) is 10.8. The Morgan fingerprint density at radius 1 is 1.06 bits per heavy atom. The van der Waals surface area contributed by atoms with E-state index in [1.807, 2.05) is 18.2 Å². The Morgan fingerprint density at radius 2 is 1.88 bits per heavy atom. The van der Waals surface area contributed by atoms with E-state index in [1.165, 1.54) is 10.6 Å². The Morgan fingerprint density at radius 3 is 2.73 bits per heavy atom. The number of fused-ring (bicyclic) bond motifs is 2. The van der Waals surface area contributed by atoms with Crippen molar-refractivity contribution in [3.05, 3.63) is 64.7 Å². The van der Waals surface area contributed by atoms with Crippen molar-refractivity contribution < 1.29 is 18.8 Å². The van der Waals surface area contributed by atoms with E-state index in [2.05, 4.69) is 15.5 Å². The maximum Gasteiger partial charge on any atom is 0.258 e. The highest BCUT2D eigenvalue weighted by atomic mass is 16.6. The van der Waals surface area contributed by atoms with Gasteiger partial charge in [-0.1, -0.05) is 23.4 Å². The predicted molar refractivity (Wildman–Crippen MR) is 120 cm³/mol. The number of hydrogen-bond acceptors (Lipinski definition) is 7. The summed E-state index contributed by atoms with van der Waals surface area (Å²) in [5.41, 5.74) is 1.42. The molecule has 4 aromatic rings. The maximum atomic E-state index is 13.0. The van der Waals surface area contributed by atoms with Crippen LogP contribution in [0, 0.1) is 0 Å². The average molecular weight is 444 g/mol. The number of para-hydroxylation sites is 1. The van der Waals surface area contributed by atoms with Gasteiger partial charge in [0, 0.05) is 29.1 Å². The third kappa shape index (κ3) is 3.71. The average Bonchev–Trinajstić information content (AvgIpc) is 3.57. The second-order valence-corrected chi connectivity index (χ2v) is 8.14. The smallest absolute Gasteiger partial charge is 0.258 e. The van der Waals surface area contributed by atoms with Crippen LogP contribution in [0.4, 0.5) is 5.69 Å². The van der Waals surface area contributed by atoms with Crippen molar-refractivity contribution in [3.8, 4) is 23.0 Å². The minimum Gasteiger partial charge on any atom is -0.486 e. The molecule has 166 valence electrons. The number of carbonyl (C=O) groups is 1. The number of nitrogens with one attached hydrogen (secondary N) is 1. The van der Waals surface area contributed by atoms with Crippen LogP contribution in [0.3, 0.4) is 0 Å². The van der Waals surface area contributed by atoms with E-state index < -0.39 is 0 Å². The molecule has 1 saturated carbocycles. The molecule has 3 heterocycles. The quantitative estimate of drug-likeness (QED) is 0.503. The summed E-state index contributed by atoms with van der Waals surface area (Å²) in [7, 11) is 0. The van der Waals surface area contributed by atoms with Gasteiger partial charge < -0.3 is 19.3 Å². The minimum absolute atomic E-state index is 0.148. The molecule has 1 N–H and O–H groups in total. The summed E-state index contributed by atoms with van der Waals surface area (Å²) in [5.74, 6) is 2.23. The first kappa shape index (κ1) is 19.5. The molecule has 33 heavy (non-hydrogen) atoms. The van der Waals surface area contributed by atoms with Gasteiger partial charge in [-0.25, -0.2) is 0 Å². The van der Waals surface area contributed by atoms with Gasteiger partial charge in [0.05, 0.1) is 11.1 Å². The van der Waals surface area contributed by atoms with E-state index >= 15 is 0 Å². The molecule has 0 unspecified atom stereocenters. The van der Waals surface area contributed by atoms with Gasteiger partial charge in [-0.3, -0.25) is 14.2 Å². The summed E-state index contributed by atoms with van der Waals surface area (Å²) < 4.78 is 18.0. The van der Waals surface area contributed by atoms with Crippen LogP contribution in [0.5, 0.6) is 11.5 Å². The fourth-order valence-electron chi connectivity index (χ4n) is 3.99. The van der Waals surface area contributed by atoms with Crippen LogP contribution in [0.15, 0.2) is 57.8 Å². The van der Waals surface area contributed by atoms with E-state index in [4.69, 9.17) is 14.0 Å². The van der Waals surface area contributed by atoms with Crippen molar-refractivity contribution in [2.45, 2.75) is 25.3 Å². The molecule has 0 saturated heterocycles. The van der Waals surface area contributed by atoms with Crippen LogP contribution in [-0.4, -0.2) is 33.8 Å². The van der Waals surface area contributed by atoms with Crippen molar-refractivity contribution in [3.63, 3.8) is 0 Å². The molecule has 6 rings (SSSR count). The fourth-order valence-corrected chi connectivity index (χ4v) is 3.99. The lowest BCUT2D eigenvalue weighted by Crippen LogP contribution is -2.28. The van der Waals surface area contributed by atoms with Gasteiger partial charge in [0.25, 0.3) is 11.4 Å². The number of carbonyl (C=O) groups excluding carboxylic acids is 1. The molecule has 9 heteroatoms. The number of hydrogen-bond donors (Lipinski definition) is 1. The molecule has 0 spiro atoms. The highest BCUT2D eigenvalue weighted by molar-refractivity contribution is 5.95. The molecular formula is C24H20N4O5. The molecule has 1 amide bonds. The lowest BCUT2D eigenvalue weighted by molar-refractivity contribution is -0.116. The number of ether oxygens (including phenoxy) is 2. The van der Waals surface area contributed by atoms with Gasteiger partial charge >= 0.3 is 0 Å². The first-order chi connectivity index (χ1) is 16.2. The van der Waals surface area contributed by atoms with E-state index in [0.717, 1.165) is 18.2 Å². The summed E-state index contributed by atoms with van der Waals surface area (Å²) in [6.07, 6.45) is 2.11. The van der Waals surface area contributed by atoms with E-state index in [9.17, 15) is 9.59 Å². The Labute approximate surface area is 187 Å². The topological polar surface area (TPSA) is 108 Å². The van der Waals surface area contributed by atoms with Crippen LogP contribution < -0.4 is 20.3 Å². The summed E-state index contributed by atoms with van der Waals surface area (Å²) >= 11 is 0. The predicted octanol–water partition coefficient (Wildman–Crippen LogP) is 3.34. The Kier molecular flexibility index (Phi) is 4.60. The summed E-state index contributed by atoms with van der Waals surface area (Å²) in [5, 5.41) is 7.65. The number of benzene rings is 2. The van der Waals surface area contributed by atoms with Gasteiger partial charge in [0.15, 0.2) is 17.3 Å². The first-order valence-corrected chi connectivity index (χ1v) is 10.8. The van der Waals surface area contributed by atoms with E-state index in [0.29, 0.717) is 59.1 Å². The molecule has 1 aliphatic carbocycles. The molecule has 1 fully saturated rings. The lowest BCUT2D eigenvalue weighted by Gasteiger charge is -2.19. The zero-order chi connectivity index (χ0) is 22.4. The van der Waals surface area contributed by atoms with Crippen molar-refractivity contribution in [2.75, 3.05) is 18.5 Å². The van der Waals surface area contributed by atoms with Crippen LogP contribution >= 0.6 is 0 Å². The molecule has 2 aromatic heterocycles. The van der Waals surface area contributed by atoms with Crippen LogP contribution in [-0.2, 0) is 11.3 Å². The molecule has 0 bridgehead atoms. The minimum atomic E-state index is -0.333. The number of nitrogens with zero attached hydrogens (tertiary/aromatic N) is 3. The normalized spacial score (nSPS) is 14.9. The molecule has 2 aromatic carbocycles. The third-order valence-electron chi connectivity index (χ3n) is 5.76. The Balaban J connectivity index is 1.30. The van der Waals surface area contributed by atoms with Crippen molar-refractivity contribution in [1.29, 1.82) is 0 Å². The third-order valence-corrected chi connectivity index (χ3v) is 5.76. The molecule has 1 aliphatic heterocycles. The fraction of sp³-hybridized carbons (Fsp3) is 0.250. The molecule has 0 atom stereocenters. The van der Waals surface area contributed by atoms with Crippen LogP contribution in [0.1, 0.15) is 24.6 Å². The molecular weight excluding hydrogens is 424 g/mol. The summed E-state index contributed by atoms with van der Waals surface area (Å²) in [4.78, 5) is 30.3. The second kappa shape index (κ2) is 7.77. The van der Waals surface area contributed by atoms with E-state index in [-0.39, 0.29) is 18.0 Å². The highest BCUT2D eigenvalue weighted by Gasteiger charge is 2.29. The Hall–Kier alpha value is -4.14. The standard InChI is InChI=1S/C24H20N4O5/c29-21(25-15-7-8-19-20(11-15)32-10-9-31-19)13-28-18-4-2-1-3-16(18)17(12-22(28)30)24-26-23(27-33-24)14-5-6-14/h1-4,7-8,11-12,14H,5-6,9-10,13H2,(H,25,29). The van der Waals surface area contributed by atoms with Gasteiger partial charge in [0.1, 0.15) is 19.8 Å². The number of rotatable bonds is 5. The molecule has 9 nitrogen and oxygen atoms in total. The Bertz CT molecular complexity index is 1440. The largest absolute Gasteiger partial charge is 0.486 e. The number of amides is 1. The van der Waals surface area contributed by atoms with Crippen molar-refractivity contribution in [2.24, 2.45) is 0 Å². The van der Waals surface area contributed by atoms with Gasteiger partial charge in [0.2, 0.25) is 5.91 Å². The summed E-state index contributed by atoms with van der Waals surface area (Å²) in [6, 6.07) is 14.0. The number of pyridine rings is 1. The maximum absolute atomic E-state index is 13.0.